The third kappa shape index (κ3) is 2.25. The van der Waals surface area contributed by atoms with Gasteiger partial charge in [-0.3, -0.25) is 9.59 Å². The Morgan fingerprint density at radius 3 is 2.77 bits per heavy atom. The van der Waals surface area contributed by atoms with Gasteiger partial charge in [0.25, 0.3) is 0 Å². The quantitative estimate of drug-likeness (QED) is 0.836. The second-order valence-electron chi connectivity index (χ2n) is 6.29. The zero-order valence-corrected chi connectivity index (χ0v) is 13.3. The molecule has 0 spiro atoms. The number of hydrogen-bond acceptors (Lipinski definition) is 4. The molecule has 1 aromatic heterocycles. The summed E-state index contributed by atoms with van der Waals surface area (Å²) in [6.07, 6.45) is 2.99. The van der Waals surface area contributed by atoms with Crippen LogP contribution in [0.5, 0.6) is 0 Å². The minimum Gasteiger partial charge on any atom is -0.381 e. The Kier molecular flexibility index (Phi) is 3.66. The summed E-state index contributed by atoms with van der Waals surface area (Å²) < 4.78 is 5.35. The highest BCUT2D eigenvalue weighted by Gasteiger charge is 2.49. The van der Waals surface area contributed by atoms with Gasteiger partial charge in [0, 0.05) is 37.5 Å². The molecule has 1 aromatic rings. The molecule has 0 saturated carbocycles. The third-order valence-electron chi connectivity index (χ3n) is 5.13. The van der Waals surface area contributed by atoms with E-state index >= 15 is 0 Å². The normalized spacial score (nSPS) is 29.2. The first-order chi connectivity index (χ1) is 10.8. The Labute approximate surface area is 133 Å². The maximum absolute atomic E-state index is 12.8. The molecule has 0 unspecified atom stereocenters. The third-order valence-corrected chi connectivity index (χ3v) is 5.80. The Balaban J connectivity index is 1.52. The topological polar surface area (TPSA) is 49.9 Å². The first-order valence-corrected chi connectivity index (χ1v) is 8.92. The van der Waals surface area contributed by atoms with Crippen LogP contribution in [-0.4, -0.2) is 48.6 Å². The van der Waals surface area contributed by atoms with E-state index in [0.717, 1.165) is 31.5 Å². The second kappa shape index (κ2) is 5.66. The molecule has 3 fully saturated rings. The molecule has 5 nitrogen and oxygen atoms in total. The van der Waals surface area contributed by atoms with Gasteiger partial charge >= 0.3 is 0 Å². The van der Waals surface area contributed by atoms with Crippen LogP contribution < -0.4 is 4.90 Å². The Hall–Kier alpha value is -1.40. The molecule has 4 rings (SSSR count). The molecular formula is C16H20N2O3S. The van der Waals surface area contributed by atoms with Crippen molar-refractivity contribution in [2.45, 2.75) is 37.8 Å². The molecule has 2 amide bonds. The number of hydrogen-bond donors (Lipinski definition) is 0. The summed E-state index contributed by atoms with van der Waals surface area (Å²) in [5, 5.41) is 4.01. The standard InChI is InChI=1S/C16H20N2O3S/c19-15-9-14-13(18(15)12-4-8-22-10-12)1-5-17(14)16(20)11-2-6-21-7-3-11/h4,8,10-11,13-14H,1-3,5-7,9H2/t13-,14+/m1/s1. The van der Waals surface area contributed by atoms with Crippen LogP contribution >= 0.6 is 11.3 Å². The van der Waals surface area contributed by atoms with Gasteiger partial charge in [0.15, 0.2) is 0 Å². The summed E-state index contributed by atoms with van der Waals surface area (Å²) >= 11 is 1.60. The minimum atomic E-state index is 0.0581. The summed E-state index contributed by atoms with van der Waals surface area (Å²) in [5.74, 6) is 0.464. The zero-order valence-electron chi connectivity index (χ0n) is 12.4. The maximum atomic E-state index is 12.8. The number of carbonyl (C=O) groups excluding carboxylic acids is 2. The summed E-state index contributed by atoms with van der Waals surface area (Å²) in [5.41, 5.74) is 0.989. The highest BCUT2D eigenvalue weighted by molar-refractivity contribution is 7.08. The number of fused-ring (bicyclic) bond motifs is 1. The van der Waals surface area contributed by atoms with Crippen LogP contribution in [0.4, 0.5) is 5.69 Å². The molecule has 4 heterocycles. The fourth-order valence-corrected chi connectivity index (χ4v) is 4.66. The minimum absolute atomic E-state index is 0.0581. The number of likely N-dealkylation sites (tertiary alicyclic amines) is 1. The summed E-state index contributed by atoms with van der Waals surface area (Å²) in [6.45, 7) is 2.13. The predicted octanol–water partition coefficient (Wildman–Crippen LogP) is 1.88. The Morgan fingerprint density at radius 1 is 1.23 bits per heavy atom. The van der Waals surface area contributed by atoms with E-state index in [-0.39, 0.29) is 29.8 Å². The van der Waals surface area contributed by atoms with Gasteiger partial charge < -0.3 is 14.5 Å². The van der Waals surface area contributed by atoms with Crippen molar-refractivity contribution in [1.29, 1.82) is 0 Å². The molecule has 118 valence electrons. The van der Waals surface area contributed by atoms with E-state index in [2.05, 4.69) is 0 Å². The van der Waals surface area contributed by atoms with E-state index in [4.69, 9.17) is 4.74 Å². The van der Waals surface area contributed by atoms with E-state index in [0.29, 0.717) is 19.6 Å². The first-order valence-electron chi connectivity index (χ1n) is 7.98. The van der Waals surface area contributed by atoms with Gasteiger partial charge in [-0.1, -0.05) is 0 Å². The second-order valence-corrected chi connectivity index (χ2v) is 7.07. The number of nitrogens with zero attached hydrogens (tertiary/aromatic N) is 2. The van der Waals surface area contributed by atoms with Crippen molar-refractivity contribution >= 4 is 28.8 Å². The lowest BCUT2D eigenvalue weighted by Gasteiger charge is -2.30. The lowest BCUT2D eigenvalue weighted by molar-refractivity contribution is -0.139. The summed E-state index contributed by atoms with van der Waals surface area (Å²) in [4.78, 5) is 29.1. The largest absolute Gasteiger partial charge is 0.381 e. The van der Waals surface area contributed by atoms with Crippen molar-refractivity contribution in [3.8, 4) is 0 Å². The van der Waals surface area contributed by atoms with E-state index in [9.17, 15) is 9.59 Å². The average molecular weight is 320 g/mol. The van der Waals surface area contributed by atoms with Crippen molar-refractivity contribution in [3.05, 3.63) is 16.8 Å². The maximum Gasteiger partial charge on any atom is 0.229 e. The Bertz CT molecular complexity index is 568. The van der Waals surface area contributed by atoms with Crippen LogP contribution in [0.1, 0.15) is 25.7 Å². The molecule has 3 aliphatic rings. The fraction of sp³-hybridized carbons (Fsp3) is 0.625. The van der Waals surface area contributed by atoms with Crippen LogP contribution in [0.3, 0.4) is 0 Å². The number of carbonyl (C=O) groups is 2. The summed E-state index contributed by atoms with van der Waals surface area (Å²) in [7, 11) is 0. The van der Waals surface area contributed by atoms with Crippen molar-refractivity contribution in [3.63, 3.8) is 0 Å². The van der Waals surface area contributed by atoms with Crippen molar-refractivity contribution < 1.29 is 14.3 Å². The van der Waals surface area contributed by atoms with E-state index < -0.39 is 0 Å². The van der Waals surface area contributed by atoms with Gasteiger partial charge in [-0.25, -0.2) is 0 Å². The smallest absolute Gasteiger partial charge is 0.229 e. The molecule has 0 radical (unpaired) electrons. The van der Waals surface area contributed by atoms with Gasteiger partial charge in [0.2, 0.25) is 11.8 Å². The Morgan fingerprint density at radius 2 is 2.05 bits per heavy atom. The van der Waals surface area contributed by atoms with Crippen molar-refractivity contribution in [2.75, 3.05) is 24.7 Å². The number of ether oxygens (including phenoxy) is 1. The number of anilines is 1. The lowest BCUT2D eigenvalue weighted by atomic mass is 9.98. The molecule has 3 saturated heterocycles. The van der Waals surface area contributed by atoms with E-state index in [1.165, 1.54) is 0 Å². The van der Waals surface area contributed by atoms with Gasteiger partial charge in [-0.05, 0) is 30.7 Å². The van der Waals surface area contributed by atoms with Crippen LogP contribution in [0.2, 0.25) is 0 Å². The SMILES string of the molecule is O=C(C1CCOCC1)N1CC[C@@H]2[C@@H]1CC(=O)N2c1ccsc1. The molecule has 0 aliphatic carbocycles. The van der Waals surface area contributed by atoms with Gasteiger partial charge in [0.05, 0.1) is 17.8 Å². The lowest BCUT2D eigenvalue weighted by Crippen LogP contribution is -2.43. The monoisotopic (exact) mass is 320 g/mol. The number of amides is 2. The molecule has 6 heteroatoms. The van der Waals surface area contributed by atoms with Gasteiger partial charge in [-0.15, -0.1) is 0 Å². The fourth-order valence-electron chi connectivity index (χ4n) is 4.03. The molecule has 2 atom stereocenters. The molecule has 0 aromatic carbocycles. The van der Waals surface area contributed by atoms with E-state index in [1.54, 1.807) is 11.3 Å². The van der Waals surface area contributed by atoms with Crippen LogP contribution in [0, 0.1) is 5.92 Å². The number of thiophene rings is 1. The highest BCUT2D eigenvalue weighted by Crippen LogP contribution is 2.37. The predicted molar refractivity (Wildman–Crippen MR) is 83.9 cm³/mol. The zero-order chi connectivity index (χ0) is 15.1. The van der Waals surface area contributed by atoms with Gasteiger partial charge in [0.1, 0.15) is 0 Å². The highest BCUT2D eigenvalue weighted by atomic mass is 32.1. The molecule has 22 heavy (non-hydrogen) atoms. The van der Waals surface area contributed by atoms with Gasteiger partial charge in [-0.2, -0.15) is 11.3 Å². The molecule has 0 N–H and O–H groups in total. The average Bonchev–Trinajstić information content (AvgIpc) is 3.24. The molecular weight excluding hydrogens is 300 g/mol. The van der Waals surface area contributed by atoms with Crippen molar-refractivity contribution in [1.82, 2.24) is 4.90 Å². The van der Waals surface area contributed by atoms with Crippen molar-refractivity contribution in [2.24, 2.45) is 5.92 Å². The van der Waals surface area contributed by atoms with Crippen LogP contribution in [0.15, 0.2) is 16.8 Å². The summed E-state index contributed by atoms with van der Waals surface area (Å²) in [6, 6.07) is 2.21. The van der Waals surface area contributed by atoms with Crippen LogP contribution in [0.25, 0.3) is 0 Å². The van der Waals surface area contributed by atoms with E-state index in [1.807, 2.05) is 26.6 Å². The molecule has 3 aliphatic heterocycles. The first kappa shape index (κ1) is 14.2. The number of rotatable bonds is 2. The van der Waals surface area contributed by atoms with Crippen LogP contribution in [-0.2, 0) is 14.3 Å². The molecule has 0 bridgehead atoms.